The average Bonchev–Trinajstić information content (AvgIpc) is 2.30. The molecule has 0 spiro atoms. The number of aromatic nitrogens is 2. The number of carbonyl (C=O) groups excluding carboxylic acids is 1. The molecule has 0 radical (unpaired) electrons. The van der Waals surface area contributed by atoms with Crippen LogP contribution >= 0.6 is 11.6 Å². The Bertz CT molecular complexity index is 336. The largest absolute Gasteiger partial charge is 0.275 e. The first-order valence-corrected chi connectivity index (χ1v) is 3.16. The predicted octanol–water partition coefficient (Wildman–Crippen LogP) is 0.671. The second kappa shape index (κ2) is 2.72. The molecule has 1 aromatic heterocycles. The highest BCUT2D eigenvalue weighted by atomic mass is 35.5. The Labute approximate surface area is 68.0 Å². The van der Waals surface area contributed by atoms with Gasteiger partial charge in [-0.3, -0.25) is 9.48 Å². The van der Waals surface area contributed by atoms with Crippen molar-refractivity contribution in [1.29, 1.82) is 5.26 Å². The SMILES string of the molecule is Cn1ncc(C(=O)Cl)c1C#N. The van der Waals surface area contributed by atoms with Gasteiger partial charge in [-0.05, 0) is 11.6 Å². The molecule has 0 aliphatic carbocycles. The van der Waals surface area contributed by atoms with E-state index in [2.05, 4.69) is 5.10 Å². The van der Waals surface area contributed by atoms with E-state index in [0.29, 0.717) is 0 Å². The Morgan fingerprint density at radius 3 is 2.91 bits per heavy atom. The van der Waals surface area contributed by atoms with Gasteiger partial charge in [0, 0.05) is 7.05 Å². The number of halogens is 1. The zero-order valence-electron chi connectivity index (χ0n) is 5.71. The molecule has 0 bridgehead atoms. The average molecular weight is 170 g/mol. The van der Waals surface area contributed by atoms with Gasteiger partial charge in [0.15, 0.2) is 0 Å². The Morgan fingerprint density at radius 1 is 1.91 bits per heavy atom. The van der Waals surface area contributed by atoms with Gasteiger partial charge in [0.25, 0.3) is 5.24 Å². The van der Waals surface area contributed by atoms with Gasteiger partial charge < -0.3 is 0 Å². The minimum Gasteiger partial charge on any atom is -0.275 e. The molecule has 0 unspecified atom stereocenters. The Morgan fingerprint density at radius 2 is 2.55 bits per heavy atom. The van der Waals surface area contributed by atoms with Crippen LogP contribution in [0, 0.1) is 11.3 Å². The zero-order valence-corrected chi connectivity index (χ0v) is 6.46. The highest BCUT2D eigenvalue weighted by Crippen LogP contribution is 2.08. The van der Waals surface area contributed by atoms with E-state index < -0.39 is 5.24 Å². The van der Waals surface area contributed by atoms with Crippen molar-refractivity contribution in [3.05, 3.63) is 17.5 Å². The molecule has 4 nitrogen and oxygen atoms in total. The molecule has 0 fully saturated rings. The first-order valence-electron chi connectivity index (χ1n) is 2.78. The summed E-state index contributed by atoms with van der Waals surface area (Å²) >= 11 is 5.16. The summed E-state index contributed by atoms with van der Waals surface area (Å²) in [6, 6.07) is 1.82. The summed E-state index contributed by atoms with van der Waals surface area (Å²) in [7, 11) is 1.57. The van der Waals surface area contributed by atoms with Crippen LogP contribution in [0.3, 0.4) is 0 Å². The first-order chi connectivity index (χ1) is 5.16. The summed E-state index contributed by atoms with van der Waals surface area (Å²) in [6.45, 7) is 0. The third kappa shape index (κ3) is 1.23. The van der Waals surface area contributed by atoms with Crippen LogP contribution in [0.5, 0.6) is 0 Å². The van der Waals surface area contributed by atoms with Crippen LogP contribution in [0.25, 0.3) is 0 Å². The first kappa shape index (κ1) is 7.76. The van der Waals surface area contributed by atoms with Crippen molar-refractivity contribution in [2.45, 2.75) is 0 Å². The van der Waals surface area contributed by atoms with Gasteiger partial charge in [-0.1, -0.05) is 0 Å². The standard InChI is InChI=1S/C6H4ClN3O/c1-10-5(2-8)4(3-9-10)6(7)11/h3H,1H3. The fourth-order valence-corrected chi connectivity index (χ4v) is 0.852. The molecule has 0 amide bonds. The molecule has 0 aromatic carbocycles. The van der Waals surface area contributed by atoms with E-state index in [1.54, 1.807) is 7.05 Å². The van der Waals surface area contributed by atoms with Gasteiger partial charge in [0.2, 0.25) is 0 Å². The summed E-state index contributed by atoms with van der Waals surface area (Å²) in [6.07, 6.45) is 1.27. The molecule has 0 atom stereocenters. The van der Waals surface area contributed by atoms with Crippen LogP contribution in [0.1, 0.15) is 16.1 Å². The van der Waals surface area contributed by atoms with Gasteiger partial charge in [0.1, 0.15) is 11.8 Å². The number of aryl methyl sites for hydroxylation is 1. The van der Waals surface area contributed by atoms with Crippen LogP contribution < -0.4 is 0 Å². The van der Waals surface area contributed by atoms with Gasteiger partial charge in [-0.25, -0.2) is 0 Å². The lowest BCUT2D eigenvalue weighted by Crippen LogP contribution is -1.97. The summed E-state index contributed by atoms with van der Waals surface area (Å²) in [5, 5.41) is 11.6. The zero-order chi connectivity index (χ0) is 8.43. The fraction of sp³-hybridized carbons (Fsp3) is 0.167. The van der Waals surface area contributed by atoms with Crippen molar-refractivity contribution in [2.75, 3.05) is 0 Å². The molecule has 1 heterocycles. The normalized spacial score (nSPS) is 9.18. The highest BCUT2D eigenvalue weighted by molar-refractivity contribution is 6.67. The van der Waals surface area contributed by atoms with E-state index in [4.69, 9.17) is 16.9 Å². The topological polar surface area (TPSA) is 58.7 Å². The highest BCUT2D eigenvalue weighted by Gasteiger charge is 2.12. The van der Waals surface area contributed by atoms with Gasteiger partial charge in [0.05, 0.1) is 11.8 Å². The van der Waals surface area contributed by atoms with Gasteiger partial charge in [-0.15, -0.1) is 0 Å². The van der Waals surface area contributed by atoms with E-state index in [9.17, 15) is 4.79 Å². The van der Waals surface area contributed by atoms with Crippen molar-refractivity contribution >= 4 is 16.8 Å². The number of rotatable bonds is 1. The molecule has 0 aliphatic heterocycles. The van der Waals surface area contributed by atoms with E-state index in [1.165, 1.54) is 10.9 Å². The van der Waals surface area contributed by atoms with Crippen molar-refractivity contribution < 1.29 is 4.79 Å². The van der Waals surface area contributed by atoms with Crippen LogP contribution in [0.4, 0.5) is 0 Å². The molecule has 1 rings (SSSR count). The van der Waals surface area contributed by atoms with Crippen LogP contribution in [0.2, 0.25) is 0 Å². The Kier molecular flexibility index (Phi) is 1.92. The lowest BCUT2D eigenvalue weighted by molar-refractivity contribution is 0.108. The molecule has 0 saturated carbocycles. The Balaban J connectivity index is 3.30. The predicted molar refractivity (Wildman–Crippen MR) is 38.1 cm³/mol. The quantitative estimate of drug-likeness (QED) is 0.581. The van der Waals surface area contributed by atoms with Crippen LogP contribution in [0.15, 0.2) is 6.20 Å². The lowest BCUT2D eigenvalue weighted by atomic mass is 10.3. The third-order valence-corrected chi connectivity index (χ3v) is 1.46. The van der Waals surface area contributed by atoms with Crippen molar-refractivity contribution in [2.24, 2.45) is 7.05 Å². The molecular formula is C6H4ClN3O. The van der Waals surface area contributed by atoms with Gasteiger partial charge >= 0.3 is 0 Å². The van der Waals surface area contributed by atoms with E-state index in [0.717, 1.165) is 0 Å². The minimum absolute atomic E-state index is 0.150. The van der Waals surface area contributed by atoms with E-state index >= 15 is 0 Å². The van der Waals surface area contributed by atoms with Crippen molar-refractivity contribution in [3.8, 4) is 6.07 Å². The maximum atomic E-state index is 10.6. The Hall–Kier alpha value is -1.34. The molecule has 56 valence electrons. The second-order valence-electron chi connectivity index (χ2n) is 1.92. The van der Waals surface area contributed by atoms with Gasteiger partial charge in [-0.2, -0.15) is 10.4 Å². The van der Waals surface area contributed by atoms with Crippen LogP contribution in [-0.2, 0) is 7.05 Å². The van der Waals surface area contributed by atoms with Crippen molar-refractivity contribution in [3.63, 3.8) is 0 Å². The maximum absolute atomic E-state index is 10.6. The monoisotopic (exact) mass is 169 g/mol. The third-order valence-electron chi connectivity index (χ3n) is 1.26. The molecule has 1 aromatic rings. The summed E-state index contributed by atoms with van der Waals surface area (Å²) in [4.78, 5) is 10.6. The molecule has 0 saturated heterocycles. The summed E-state index contributed by atoms with van der Waals surface area (Å²) in [5.74, 6) is 0. The minimum atomic E-state index is -0.658. The van der Waals surface area contributed by atoms with Crippen LogP contribution in [-0.4, -0.2) is 15.0 Å². The fourth-order valence-electron chi connectivity index (χ4n) is 0.714. The maximum Gasteiger partial charge on any atom is 0.256 e. The second-order valence-corrected chi connectivity index (χ2v) is 2.26. The van der Waals surface area contributed by atoms with E-state index in [-0.39, 0.29) is 11.3 Å². The van der Waals surface area contributed by atoms with E-state index in [1.807, 2.05) is 6.07 Å². The molecular weight excluding hydrogens is 166 g/mol. The lowest BCUT2D eigenvalue weighted by Gasteiger charge is -1.89. The number of nitriles is 1. The number of hydrogen-bond donors (Lipinski definition) is 0. The number of nitrogens with zero attached hydrogens (tertiary/aromatic N) is 3. The molecule has 0 aliphatic rings. The number of carbonyl (C=O) groups is 1. The molecule has 11 heavy (non-hydrogen) atoms. The summed E-state index contributed by atoms with van der Waals surface area (Å²) < 4.78 is 1.30. The number of hydrogen-bond acceptors (Lipinski definition) is 3. The van der Waals surface area contributed by atoms with Crippen molar-refractivity contribution in [1.82, 2.24) is 9.78 Å². The summed E-state index contributed by atoms with van der Waals surface area (Å²) in [5.41, 5.74) is 0.335. The molecule has 0 N–H and O–H groups in total. The smallest absolute Gasteiger partial charge is 0.256 e. The molecule has 5 heteroatoms.